The smallest absolute Gasteiger partial charge is 0.347 e. The number of imidazole rings is 1. The van der Waals surface area contributed by atoms with Gasteiger partial charge in [-0.1, -0.05) is 18.2 Å². The molecule has 15 heteroatoms. The molecular weight excluding hydrogens is 549 g/mol. The molecule has 6 rings (SSSR count). The second kappa shape index (κ2) is 9.37. The molecule has 210 valence electrons. The van der Waals surface area contributed by atoms with E-state index in [4.69, 9.17) is 0 Å². The van der Waals surface area contributed by atoms with E-state index in [9.17, 15) is 26.4 Å². The third-order valence-corrected chi connectivity index (χ3v) is 8.64. The minimum absolute atomic E-state index is 0.0397. The van der Waals surface area contributed by atoms with Crippen LogP contribution in [-0.4, -0.2) is 59.8 Å². The second-order valence-electron chi connectivity index (χ2n) is 10.1. The van der Waals surface area contributed by atoms with E-state index in [1.807, 2.05) is 32.2 Å². The predicted octanol–water partition coefficient (Wildman–Crippen LogP) is 3.08. The van der Waals surface area contributed by atoms with Crippen molar-refractivity contribution in [1.82, 2.24) is 38.8 Å². The number of carbonyl (C=O) groups excluding carboxylic acids is 1. The number of hydrogen-bond donors (Lipinski definition) is 1. The van der Waals surface area contributed by atoms with Crippen molar-refractivity contribution in [2.75, 3.05) is 6.54 Å². The Bertz CT molecular complexity index is 1760. The van der Waals surface area contributed by atoms with Gasteiger partial charge in [0.25, 0.3) is 5.91 Å². The van der Waals surface area contributed by atoms with Crippen molar-refractivity contribution in [3.05, 3.63) is 64.5 Å². The van der Waals surface area contributed by atoms with Gasteiger partial charge in [0.1, 0.15) is 11.5 Å². The first-order valence-corrected chi connectivity index (χ1v) is 14.1. The van der Waals surface area contributed by atoms with Crippen LogP contribution >= 0.6 is 0 Å². The van der Waals surface area contributed by atoms with Crippen molar-refractivity contribution < 1.29 is 26.4 Å². The molecule has 1 fully saturated rings. The van der Waals surface area contributed by atoms with Crippen LogP contribution < -0.4 is 5.32 Å². The molecule has 1 aliphatic heterocycles. The number of halogens is 3. The summed E-state index contributed by atoms with van der Waals surface area (Å²) < 4.78 is 66.1. The van der Waals surface area contributed by atoms with Gasteiger partial charge < -0.3 is 5.32 Å². The lowest BCUT2D eigenvalue weighted by atomic mass is 10.0. The first kappa shape index (κ1) is 26.4. The molecule has 0 unspecified atom stereocenters. The molecular formula is C25H25F3N8O3S. The number of hydrogen-bond acceptors (Lipinski definition) is 7. The number of carbonyl (C=O) groups is 1. The number of fused-ring (bicyclic) bond motifs is 2. The number of sulfonamides is 1. The van der Waals surface area contributed by atoms with E-state index in [0.29, 0.717) is 21.3 Å². The summed E-state index contributed by atoms with van der Waals surface area (Å²) >= 11 is 0. The highest BCUT2D eigenvalue weighted by molar-refractivity contribution is 7.89. The van der Waals surface area contributed by atoms with E-state index in [2.05, 4.69) is 25.4 Å². The Labute approximate surface area is 227 Å². The monoisotopic (exact) mass is 574 g/mol. The van der Waals surface area contributed by atoms with E-state index in [1.54, 1.807) is 16.7 Å². The first-order valence-electron chi connectivity index (χ1n) is 12.6. The molecule has 1 aromatic carbocycles. The van der Waals surface area contributed by atoms with E-state index >= 15 is 0 Å². The summed E-state index contributed by atoms with van der Waals surface area (Å²) in [6.07, 6.45) is 5.55. The minimum Gasteiger partial charge on any atom is -0.347 e. The number of aromatic nitrogens is 6. The fourth-order valence-corrected chi connectivity index (χ4v) is 5.75. The van der Waals surface area contributed by atoms with Crippen molar-refractivity contribution in [3.63, 3.8) is 0 Å². The van der Waals surface area contributed by atoms with Gasteiger partial charge in [-0.3, -0.25) is 9.20 Å². The number of benzene rings is 1. The molecule has 1 N–H and O–H groups in total. The maximum Gasteiger partial charge on any atom is 0.511 e. The quantitative estimate of drug-likeness (QED) is 0.375. The molecule has 0 atom stereocenters. The summed E-state index contributed by atoms with van der Waals surface area (Å²) in [5.41, 5.74) is -0.923. The van der Waals surface area contributed by atoms with E-state index in [-0.39, 0.29) is 43.1 Å². The maximum atomic E-state index is 13.3. The highest BCUT2D eigenvalue weighted by Gasteiger charge is 2.50. The standard InChI is InChI=1S/C25H25F3N8O3S/c1-14-10-30-24-32-20(17-4-5-17)21(35(24)12-14)23(37)29-11-16-3-6-18(15(2)9-16)22-31-19-13-34(7-8-36(19)33-22)40(38,39)25(26,27)28/h3,6,9-10,12,17H,4-5,7-8,11,13H2,1-2H3,(H,29,37). The van der Waals surface area contributed by atoms with Crippen molar-refractivity contribution in [3.8, 4) is 11.4 Å². The third kappa shape index (κ3) is 4.62. The Morgan fingerprint density at radius 2 is 1.93 bits per heavy atom. The van der Waals surface area contributed by atoms with Gasteiger partial charge in [0.05, 0.1) is 18.8 Å². The predicted molar refractivity (Wildman–Crippen MR) is 136 cm³/mol. The van der Waals surface area contributed by atoms with Crippen molar-refractivity contribution in [2.45, 2.75) is 57.7 Å². The molecule has 4 aromatic rings. The zero-order valence-electron chi connectivity index (χ0n) is 21.6. The molecule has 40 heavy (non-hydrogen) atoms. The largest absolute Gasteiger partial charge is 0.511 e. The Kier molecular flexibility index (Phi) is 6.18. The Morgan fingerprint density at radius 3 is 2.62 bits per heavy atom. The third-order valence-electron chi connectivity index (χ3n) is 7.06. The molecule has 1 saturated carbocycles. The summed E-state index contributed by atoms with van der Waals surface area (Å²) in [5, 5.41) is 7.36. The summed E-state index contributed by atoms with van der Waals surface area (Å²) in [5.74, 6) is 0.932. The van der Waals surface area contributed by atoms with Gasteiger partial charge in [0.15, 0.2) is 5.82 Å². The molecule has 0 saturated heterocycles. The van der Waals surface area contributed by atoms with Gasteiger partial charge in [-0.05, 0) is 43.4 Å². The molecule has 11 nitrogen and oxygen atoms in total. The number of amides is 1. The number of nitrogens with one attached hydrogen (secondary N) is 1. The molecule has 0 spiro atoms. The Balaban J connectivity index is 1.19. The summed E-state index contributed by atoms with van der Waals surface area (Å²) in [4.78, 5) is 26.5. The van der Waals surface area contributed by atoms with Gasteiger partial charge in [0.2, 0.25) is 5.78 Å². The van der Waals surface area contributed by atoms with E-state index < -0.39 is 22.1 Å². The highest BCUT2D eigenvalue weighted by Crippen LogP contribution is 2.41. The lowest BCUT2D eigenvalue weighted by Gasteiger charge is -2.26. The molecule has 0 radical (unpaired) electrons. The van der Waals surface area contributed by atoms with E-state index in [0.717, 1.165) is 35.2 Å². The highest BCUT2D eigenvalue weighted by atomic mass is 32.2. The average molecular weight is 575 g/mol. The zero-order valence-corrected chi connectivity index (χ0v) is 22.4. The van der Waals surface area contributed by atoms with E-state index in [1.165, 1.54) is 4.68 Å². The fraction of sp³-hybridized carbons (Fsp3) is 0.400. The number of aryl methyl sites for hydroxylation is 2. The van der Waals surface area contributed by atoms with Crippen molar-refractivity contribution in [2.24, 2.45) is 0 Å². The second-order valence-corrected chi connectivity index (χ2v) is 12.0. The Hall–Kier alpha value is -3.85. The summed E-state index contributed by atoms with van der Waals surface area (Å²) in [7, 11) is -5.45. The van der Waals surface area contributed by atoms with Crippen LogP contribution in [0.1, 0.15) is 57.5 Å². The molecule has 4 heterocycles. The van der Waals surface area contributed by atoms with Gasteiger partial charge in [-0.15, -0.1) is 0 Å². The van der Waals surface area contributed by atoms with Gasteiger partial charge in [-0.25, -0.2) is 28.1 Å². The van der Waals surface area contributed by atoms with Crippen molar-refractivity contribution in [1.29, 1.82) is 0 Å². The van der Waals surface area contributed by atoms with Gasteiger partial charge in [0, 0.05) is 37.0 Å². The minimum atomic E-state index is -5.45. The number of nitrogens with zero attached hydrogens (tertiary/aromatic N) is 7. The summed E-state index contributed by atoms with van der Waals surface area (Å²) in [6.45, 7) is 3.10. The van der Waals surface area contributed by atoms with Crippen LogP contribution in [0.5, 0.6) is 0 Å². The molecule has 2 aliphatic rings. The molecule has 3 aromatic heterocycles. The SMILES string of the molecule is Cc1cnc2nc(C3CC3)c(C(=O)NCc3ccc(-c4nc5n(n4)CCN(S(=O)(=O)C(F)(F)F)C5)c(C)c3)n2c1. The Morgan fingerprint density at radius 1 is 1.15 bits per heavy atom. The van der Waals surface area contributed by atoms with Crippen LogP contribution in [0.2, 0.25) is 0 Å². The van der Waals surface area contributed by atoms with Crippen LogP contribution in [0.3, 0.4) is 0 Å². The van der Waals surface area contributed by atoms with Crippen LogP contribution in [-0.2, 0) is 29.7 Å². The van der Waals surface area contributed by atoms with Crippen LogP contribution in [0, 0.1) is 13.8 Å². The molecule has 0 bridgehead atoms. The number of alkyl halides is 3. The van der Waals surface area contributed by atoms with Gasteiger partial charge in [-0.2, -0.15) is 22.6 Å². The van der Waals surface area contributed by atoms with Crippen LogP contribution in [0.4, 0.5) is 13.2 Å². The lowest BCUT2D eigenvalue weighted by Crippen LogP contribution is -2.44. The molecule has 1 aliphatic carbocycles. The maximum absolute atomic E-state index is 13.3. The average Bonchev–Trinajstić information content (AvgIpc) is 3.54. The first-order chi connectivity index (χ1) is 18.9. The molecule has 1 amide bonds. The lowest BCUT2D eigenvalue weighted by molar-refractivity contribution is -0.0496. The zero-order chi connectivity index (χ0) is 28.4. The van der Waals surface area contributed by atoms with Crippen LogP contribution in [0.25, 0.3) is 17.2 Å². The normalized spacial score (nSPS) is 16.3. The number of rotatable bonds is 6. The fourth-order valence-electron chi connectivity index (χ4n) is 4.85. The van der Waals surface area contributed by atoms with Crippen molar-refractivity contribution >= 4 is 21.7 Å². The summed E-state index contributed by atoms with van der Waals surface area (Å²) in [6, 6.07) is 5.46. The van der Waals surface area contributed by atoms with Crippen LogP contribution in [0.15, 0.2) is 30.6 Å². The van der Waals surface area contributed by atoms with Gasteiger partial charge >= 0.3 is 15.5 Å². The topological polar surface area (TPSA) is 127 Å².